The summed E-state index contributed by atoms with van der Waals surface area (Å²) in [4.78, 5) is 5.75. The van der Waals surface area contributed by atoms with Gasteiger partial charge in [0, 0.05) is 23.5 Å². The summed E-state index contributed by atoms with van der Waals surface area (Å²) in [5.41, 5.74) is 0.528. The molecule has 0 radical (unpaired) electrons. The maximum Gasteiger partial charge on any atom is 0.387 e. The molecule has 1 heterocycles. The first-order valence-electron chi connectivity index (χ1n) is 8.28. The van der Waals surface area contributed by atoms with Crippen molar-refractivity contribution < 1.29 is 18.3 Å². The van der Waals surface area contributed by atoms with Gasteiger partial charge < -0.3 is 20.1 Å². The van der Waals surface area contributed by atoms with Crippen molar-refractivity contribution in [2.75, 3.05) is 20.2 Å². The van der Waals surface area contributed by atoms with Crippen molar-refractivity contribution in [2.24, 2.45) is 4.99 Å². The SMILES string of the molecule is CCNC(=NCc1cc(OC)ccc1OC(F)F)NCCc1cccs1.I. The van der Waals surface area contributed by atoms with E-state index in [0.29, 0.717) is 23.8 Å². The highest BCUT2D eigenvalue weighted by Gasteiger charge is 2.11. The molecule has 0 saturated carbocycles. The van der Waals surface area contributed by atoms with Crippen LogP contribution >= 0.6 is 35.3 Å². The molecule has 0 unspecified atom stereocenters. The van der Waals surface area contributed by atoms with Gasteiger partial charge in [-0.3, -0.25) is 0 Å². The minimum Gasteiger partial charge on any atom is -0.497 e. The molecular weight excluding hydrogens is 487 g/mol. The highest BCUT2D eigenvalue weighted by Crippen LogP contribution is 2.26. The van der Waals surface area contributed by atoms with Crippen LogP contribution in [0.3, 0.4) is 0 Å². The first-order chi connectivity index (χ1) is 12.6. The molecule has 0 aliphatic rings. The Morgan fingerprint density at radius 1 is 1.26 bits per heavy atom. The molecule has 2 rings (SSSR count). The predicted octanol–water partition coefficient (Wildman–Crippen LogP) is 4.27. The Labute approximate surface area is 179 Å². The molecule has 2 N–H and O–H groups in total. The second kappa shape index (κ2) is 12.7. The lowest BCUT2D eigenvalue weighted by molar-refractivity contribution is -0.0504. The Morgan fingerprint density at radius 2 is 2.07 bits per heavy atom. The number of hydrogen-bond acceptors (Lipinski definition) is 4. The zero-order chi connectivity index (χ0) is 18.8. The van der Waals surface area contributed by atoms with E-state index in [1.807, 2.05) is 18.4 Å². The van der Waals surface area contributed by atoms with Crippen molar-refractivity contribution >= 4 is 41.3 Å². The average Bonchev–Trinajstić information content (AvgIpc) is 3.13. The second-order valence-corrected chi connectivity index (χ2v) is 6.34. The number of hydrogen-bond donors (Lipinski definition) is 2. The third-order valence-electron chi connectivity index (χ3n) is 3.48. The van der Waals surface area contributed by atoms with Crippen molar-refractivity contribution in [3.8, 4) is 11.5 Å². The molecule has 0 aliphatic carbocycles. The molecule has 2 aromatic rings. The molecule has 0 bridgehead atoms. The number of guanidine groups is 1. The number of aliphatic imine (C=N–C) groups is 1. The number of nitrogens with one attached hydrogen (secondary N) is 2. The van der Waals surface area contributed by atoms with Crippen molar-refractivity contribution in [1.82, 2.24) is 10.6 Å². The predicted molar refractivity (Wildman–Crippen MR) is 116 cm³/mol. The van der Waals surface area contributed by atoms with Crippen LogP contribution in [0.5, 0.6) is 11.5 Å². The fraction of sp³-hybridized carbons (Fsp3) is 0.389. The Balaban J connectivity index is 0.00000364. The van der Waals surface area contributed by atoms with Gasteiger partial charge in [-0.05, 0) is 43.0 Å². The summed E-state index contributed by atoms with van der Waals surface area (Å²) in [5, 5.41) is 8.43. The first kappa shape index (κ1) is 23.4. The van der Waals surface area contributed by atoms with E-state index < -0.39 is 6.61 Å². The second-order valence-electron chi connectivity index (χ2n) is 5.30. The van der Waals surface area contributed by atoms with E-state index in [9.17, 15) is 8.78 Å². The van der Waals surface area contributed by atoms with E-state index in [1.54, 1.807) is 23.5 Å². The van der Waals surface area contributed by atoms with Gasteiger partial charge in [0.05, 0.1) is 13.7 Å². The number of halogens is 3. The lowest BCUT2D eigenvalue weighted by Crippen LogP contribution is -2.38. The molecule has 150 valence electrons. The zero-order valence-corrected chi connectivity index (χ0v) is 18.4. The first-order valence-corrected chi connectivity index (χ1v) is 9.16. The molecule has 1 aromatic carbocycles. The van der Waals surface area contributed by atoms with Crippen LogP contribution in [0.4, 0.5) is 8.78 Å². The molecule has 9 heteroatoms. The smallest absolute Gasteiger partial charge is 0.387 e. The Hall–Kier alpha value is -1.62. The van der Waals surface area contributed by atoms with Gasteiger partial charge in [-0.25, -0.2) is 4.99 Å². The maximum absolute atomic E-state index is 12.6. The zero-order valence-electron chi connectivity index (χ0n) is 15.2. The lowest BCUT2D eigenvalue weighted by Gasteiger charge is -2.13. The quantitative estimate of drug-likeness (QED) is 0.300. The molecule has 0 spiro atoms. The monoisotopic (exact) mass is 511 g/mol. The number of methoxy groups -OCH3 is 1. The van der Waals surface area contributed by atoms with Crippen LogP contribution in [0.25, 0.3) is 0 Å². The topological polar surface area (TPSA) is 54.9 Å². The molecule has 0 saturated heterocycles. The normalized spacial score (nSPS) is 11.1. The molecule has 0 amide bonds. The summed E-state index contributed by atoms with van der Waals surface area (Å²) in [6.45, 7) is 0.693. The molecule has 0 aliphatic heterocycles. The summed E-state index contributed by atoms with van der Waals surface area (Å²) < 4.78 is 34.9. The fourth-order valence-corrected chi connectivity index (χ4v) is 2.99. The van der Waals surface area contributed by atoms with E-state index in [4.69, 9.17) is 4.74 Å². The molecule has 1 aromatic heterocycles. The van der Waals surface area contributed by atoms with E-state index in [-0.39, 0.29) is 36.3 Å². The molecule has 27 heavy (non-hydrogen) atoms. The van der Waals surface area contributed by atoms with Crippen LogP contribution in [-0.2, 0) is 13.0 Å². The maximum atomic E-state index is 12.6. The van der Waals surface area contributed by atoms with E-state index in [0.717, 1.165) is 13.0 Å². The summed E-state index contributed by atoms with van der Waals surface area (Å²) in [6.07, 6.45) is 0.890. The van der Waals surface area contributed by atoms with Gasteiger partial charge >= 0.3 is 6.61 Å². The lowest BCUT2D eigenvalue weighted by atomic mass is 10.2. The van der Waals surface area contributed by atoms with Crippen molar-refractivity contribution in [3.05, 3.63) is 46.2 Å². The average molecular weight is 511 g/mol. The minimum atomic E-state index is -2.89. The van der Waals surface area contributed by atoms with Crippen molar-refractivity contribution in [3.63, 3.8) is 0 Å². The van der Waals surface area contributed by atoms with Crippen LogP contribution in [0.2, 0.25) is 0 Å². The van der Waals surface area contributed by atoms with Gasteiger partial charge in [-0.1, -0.05) is 6.07 Å². The van der Waals surface area contributed by atoms with Crippen LogP contribution in [0.1, 0.15) is 17.4 Å². The Morgan fingerprint density at radius 3 is 2.70 bits per heavy atom. The highest BCUT2D eigenvalue weighted by molar-refractivity contribution is 14.0. The van der Waals surface area contributed by atoms with E-state index in [2.05, 4.69) is 26.4 Å². The highest BCUT2D eigenvalue weighted by atomic mass is 127. The molecule has 0 fully saturated rings. The molecular formula is C18H24F2IN3O2S. The van der Waals surface area contributed by atoms with Gasteiger partial charge in [0.2, 0.25) is 0 Å². The van der Waals surface area contributed by atoms with Gasteiger partial charge in [-0.15, -0.1) is 35.3 Å². The van der Waals surface area contributed by atoms with E-state index in [1.165, 1.54) is 18.1 Å². The number of rotatable bonds is 9. The number of benzene rings is 1. The number of nitrogens with zero attached hydrogens (tertiary/aromatic N) is 1. The summed E-state index contributed by atoms with van der Waals surface area (Å²) in [6, 6.07) is 8.80. The molecule has 0 atom stereocenters. The van der Waals surface area contributed by atoms with Gasteiger partial charge in [0.1, 0.15) is 11.5 Å². The van der Waals surface area contributed by atoms with Gasteiger partial charge in [0.15, 0.2) is 5.96 Å². The van der Waals surface area contributed by atoms with Crippen molar-refractivity contribution in [1.29, 1.82) is 0 Å². The number of thiophene rings is 1. The number of alkyl halides is 2. The minimum absolute atomic E-state index is 0. The van der Waals surface area contributed by atoms with Crippen LogP contribution in [-0.4, -0.2) is 32.8 Å². The van der Waals surface area contributed by atoms with Crippen LogP contribution in [0.15, 0.2) is 40.7 Å². The number of ether oxygens (including phenoxy) is 2. The van der Waals surface area contributed by atoms with Crippen LogP contribution in [0, 0.1) is 0 Å². The largest absolute Gasteiger partial charge is 0.497 e. The van der Waals surface area contributed by atoms with E-state index >= 15 is 0 Å². The van der Waals surface area contributed by atoms with Crippen molar-refractivity contribution in [2.45, 2.75) is 26.5 Å². The Kier molecular flexibility index (Phi) is 11.0. The standard InChI is InChI=1S/C18H23F2N3O2S.HI/c1-3-21-18(22-9-8-15-5-4-10-26-15)23-12-13-11-14(24-2)6-7-16(13)25-17(19)20;/h4-7,10-11,17H,3,8-9,12H2,1-2H3,(H2,21,22,23);1H. The molecule has 5 nitrogen and oxygen atoms in total. The summed E-state index contributed by atoms with van der Waals surface area (Å²) >= 11 is 1.71. The van der Waals surface area contributed by atoms with Gasteiger partial charge in [-0.2, -0.15) is 8.78 Å². The Bertz CT molecular complexity index is 700. The summed E-state index contributed by atoms with van der Waals surface area (Å²) in [5.74, 6) is 1.28. The van der Waals surface area contributed by atoms with Gasteiger partial charge in [0.25, 0.3) is 0 Å². The third kappa shape index (κ3) is 8.29. The van der Waals surface area contributed by atoms with Crippen LogP contribution < -0.4 is 20.1 Å². The third-order valence-corrected chi connectivity index (χ3v) is 4.42. The summed E-state index contributed by atoms with van der Waals surface area (Å²) in [7, 11) is 1.52. The fourth-order valence-electron chi connectivity index (χ4n) is 2.28.